The van der Waals surface area contributed by atoms with Gasteiger partial charge in [-0.2, -0.15) is 0 Å². The number of benzene rings is 2. The minimum Gasteiger partial charge on any atom is -0.338 e. The smallest absolute Gasteiger partial charge is 0.159 e. The van der Waals surface area contributed by atoms with E-state index >= 15 is 0 Å². The van der Waals surface area contributed by atoms with Gasteiger partial charge in [-0.1, -0.05) is 48.5 Å². The van der Waals surface area contributed by atoms with E-state index in [4.69, 9.17) is 0 Å². The summed E-state index contributed by atoms with van der Waals surface area (Å²) in [6.45, 7) is 1.57. The fraction of sp³-hybridized carbons (Fsp3) is 0.0588. The molecule has 3 rings (SSSR count). The first-order valence-corrected chi connectivity index (χ1v) is 6.46. The van der Waals surface area contributed by atoms with Gasteiger partial charge in [-0.15, -0.1) is 0 Å². The lowest BCUT2D eigenvalue weighted by Crippen LogP contribution is -1.92. The summed E-state index contributed by atoms with van der Waals surface area (Å²) in [7, 11) is 0. The predicted molar refractivity (Wildman–Crippen MR) is 79.5 cm³/mol. The van der Waals surface area contributed by atoms with Gasteiger partial charge in [0.2, 0.25) is 0 Å². The molecule has 0 fully saturated rings. The third-order valence-corrected chi connectivity index (χ3v) is 3.20. The molecule has 0 saturated carbocycles. The lowest BCUT2D eigenvalue weighted by atomic mass is 10.1. The van der Waals surface area contributed by atoms with Gasteiger partial charge in [-0.3, -0.25) is 4.79 Å². The summed E-state index contributed by atoms with van der Waals surface area (Å²) in [5.41, 5.74) is 3.67. The van der Waals surface area contributed by atoms with Crippen LogP contribution in [0, 0.1) is 0 Å². The number of hydrogen-bond acceptors (Lipinski definition) is 2. The van der Waals surface area contributed by atoms with Crippen molar-refractivity contribution in [2.24, 2.45) is 0 Å². The first-order chi connectivity index (χ1) is 9.74. The van der Waals surface area contributed by atoms with Crippen molar-refractivity contribution in [2.45, 2.75) is 6.92 Å². The molecule has 1 heterocycles. The van der Waals surface area contributed by atoms with E-state index in [1.165, 1.54) is 0 Å². The van der Waals surface area contributed by atoms with Crippen LogP contribution < -0.4 is 0 Å². The van der Waals surface area contributed by atoms with Crippen molar-refractivity contribution in [1.29, 1.82) is 0 Å². The number of H-pyrrole nitrogens is 1. The highest BCUT2D eigenvalue weighted by Gasteiger charge is 2.07. The fourth-order valence-electron chi connectivity index (χ4n) is 2.12. The summed E-state index contributed by atoms with van der Waals surface area (Å²) >= 11 is 0. The van der Waals surface area contributed by atoms with E-state index < -0.39 is 0 Å². The number of rotatable bonds is 3. The fourth-order valence-corrected chi connectivity index (χ4v) is 2.12. The number of Topliss-reactive ketones (excluding diaryl/α,β-unsaturated/α-hetero) is 1. The van der Waals surface area contributed by atoms with Gasteiger partial charge in [0, 0.05) is 11.1 Å². The molecule has 1 N–H and O–H groups in total. The van der Waals surface area contributed by atoms with Crippen molar-refractivity contribution >= 4 is 5.78 Å². The van der Waals surface area contributed by atoms with Crippen molar-refractivity contribution in [3.05, 3.63) is 66.4 Å². The highest BCUT2D eigenvalue weighted by molar-refractivity contribution is 5.95. The molecule has 3 heteroatoms. The maximum Gasteiger partial charge on any atom is 0.159 e. The summed E-state index contributed by atoms with van der Waals surface area (Å²) in [6.07, 6.45) is 1.81. The van der Waals surface area contributed by atoms with E-state index in [-0.39, 0.29) is 5.78 Å². The molecule has 2 aromatic carbocycles. The third-order valence-electron chi connectivity index (χ3n) is 3.20. The molecule has 0 radical (unpaired) electrons. The second-order valence-electron chi connectivity index (χ2n) is 4.65. The van der Waals surface area contributed by atoms with Crippen LogP contribution in [0.3, 0.4) is 0 Å². The highest BCUT2D eigenvalue weighted by atomic mass is 16.1. The second-order valence-corrected chi connectivity index (χ2v) is 4.65. The molecule has 3 nitrogen and oxygen atoms in total. The molecule has 0 unspecified atom stereocenters. The summed E-state index contributed by atoms with van der Waals surface area (Å²) in [5.74, 6) is 0.827. The SMILES string of the molecule is CC(=O)c1cccc(-c2ncc(-c3ccccc3)[nH]2)c1. The topological polar surface area (TPSA) is 45.8 Å². The molecule has 0 saturated heterocycles. The first kappa shape index (κ1) is 12.4. The van der Waals surface area contributed by atoms with Crippen LogP contribution in [0.2, 0.25) is 0 Å². The van der Waals surface area contributed by atoms with E-state index in [1.807, 2.05) is 60.8 Å². The number of carbonyl (C=O) groups is 1. The van der Waals surface area contributed by atoms with Crippen LogP contribution in [0.1, 0.15) is 17.3 Å². The van der Waals surface area contributed by atoms with E-state index in [0.29, 0.717) is 5.56 Å². The minimum absolute atomic E-state index is 0.0571. The Hall–Kier alpha value is -2.68. The Morgan fingerprint density at radius 3 is 2.50 bits per heavy atom. The van der Waals surface area contributed by atoms with Crippen LogP contribution in [0.15, 0.2) is 60.8 Å². The predicted octanol–water partition coefficient (Wildman–Crippen LogP) is 3.95. The number of nitrogens with zero attached hydrogens (tertiary/aromatic N) is 1. The molecule has 98 valence electrons. The second kappa shape index (κ2) is 5.13. The average Bonchev–Trinajstić information content (AvgIpc) is 2.98. The van der Waals surface area contributed by atoms with Crippen LogP contribution in [-0.2, 0) is 0 Å². The number of ketones is 1. The zero-order chi connectivity index (χ0) is 13.9. The van der Waals surface area contributed by atoms with Crippen molar-refractivity contribution in [3.8, 4) is 22.6 Å². The Morgan fingerprint density at radius 2 is 1.75 bits per heavy atom. The number of hydrogen-bond donors (Lipinski definition) is 1. The van der Waals surface area contributed by atoms with Gasteiger partial charge in [0.1, 0.15) is 5.82 Å². The van der Waals surface area contributed by atoms with E-state index in [1.54, 1.807) is 6.92 Å². The summed E-state index contributed by atoms with van der Waals surface area (Å²) in [5, 5.41) is 0. The Kier molecular flexibility index (Phi) is 3.17. The number of aromatic nitrogens is 2. The zero-order valence-electron chi connectivity index (χ0n) is 11.1. The lowest BCUT2D eigenvalue weighted by Gasteiger charge is -2.00. The molecule has 0 spiro atoms. The number of carbonyl (C=O) groups excluding carboxylic acids is 1. The Morgan fingerprint density at radius 1 is 1.00 bits per heavy atom. The van der Waals surface area contributed by atoms with Crippen LogP contribution in [-0.4, -0.2) is 15.8 Å². The molecule has 0 bridgehead atoms. The standard InChI is InChI=1S/C17H14N2O/c1-12(20)14-8-5-9-15(10-14)17-18-11-16(19-17)13-6-3-2-4-7-13/h2-11H,1H3,(H,18,19). The van der Waals surface area contributed by atoms with Gasteiger partial charge < -0.3 is 4.98 Å². The Labute approximate surface area is 117 Å². The van der Waals surface area contributed by atoms with E-state index in [2.05, 4.69) is 9.97 Å². The Balaban J connectivity index is 1.98. The summed E-state index contributed by atoms with van der Waals surface area (Å²) < 4.78 is 0. The molecular weight excluding hydrogens is 248 g/mol. The number of aromatic amines is 1. The van der Waals surface area contributed by atoms with Gasteiger partial charge in [0.15, 0.2) is 5.78 Å². The van der Waals surface area contributed by atoms with Crippen molar-refractivity contribution in [3.63, 3.8) is 0 Å². The van der Waals surface area contributed by atoms with Crippen LogP contribution in [0.25, 0.3) is 22.6 Å². The van der Waals surface area contributed by atoms with Crippen molar-refractivity contribution < 1.29 is 4.79 Å². The lowest BCUT2D eigenvalue weighted by molar-refractivity contribution is 0.101. The summed E-state index contributed by atoms with van der Waals surface area (Å²) in [6, 6.07) is 17.5. The normalized spacial score (nSPS) is 10.4. The third kappa shape index (κ3) is 2.38. The highest BCUT2D eigenvalue weighted by Crippen LogP contribution is 2.22. The van der Waals surface area contributed by atoms with Gasteiger partial charge in [0.05, 0.1) is 11.9 Å². The number of nitrogens with one attached hydrogen (secondary N) is 1. The molecule has 0 aliphatic heterocycles. The molecule has 0 aliphatic carbocycles. The van der Waals surface area contributed by atoms with Crippen LogP contribution in [0.5, 0.6) is 0 Å². The van der Waals surface area contributed by atoms with E-state index in [9.17, 15) is 4.79 Å². The molecule has 3 aromatic rings. The quantitative estimate of drug-likeness (QED) is 0.726. The maximum atomic E-state index is 11.4. The van der Waals surface area contributed by atoms with Crippen LogP contribution >= 0.6 is 0 Å². The largest absolute Gasteiger partial charge is 0.338 e. The van der Waals surface area contributed by atoms with Crippen molar-refractivity contribution in [1.82, 2.24) is 9.97 Å². The average molecular weight is 262 g/mol. The first-order valence-electron chi connectivity index (χ1n) is 6.46. The van der Waals surface area contributed by atoms with Crippen LogP contribution in [0.4, 0.5) is 0 Å². The number of imidazole rings is 1. The maximum absolute atomic E-state index is 11.4. The monoisotopic (exact) mass is 262 g/mol. The Bertz CT molecular complexity index is 744. The zero-order valence-corrected chi connectivity index (χ0v) is 11.1. The molecule has 20 heavy (non-hydrogen) atoms. The van der Waals surface area contributed by atoms with E-state index in [0.717, 1.165) is 22.6 Å². The van der Waals surface area contributed by atoms with Gasteiger partial charge in [-0.05, 0) is 18.6 Å². The summed E-state index contributed by atoms with van der Waals surface area (Å²) in [4.78, 5) is 19.1. The van der Waals surface area contributed by atoms with Gasteiger partial charge >= 0.3 is 0 Å². The molecule has 1 aromatic heterocycles. The molecule has 0 amide bonds. The van der Waals surface area contributed by atoms with Crippen molar-refractivity contribution in [2.75, 3.05) is 0 Å². The minimum atomic E-state index is 0.0571. The van der Waals surface area contributed by atoms with Gasteiger partial charge in [-0.25, -0.2) is 4.98 Å². The molecular formula is C17H14N2O. The molecule has 0 aliphatic rings. The van der Waals surface area contributed by atoms with Gasteiger partial charge in [0.25, 0.3) is 0 Å². The molecule has 0 atom stereocenters.